The lowest BCUT2D eigenvalue weighted by Crippen LogP contribution is -2.13. The van der Waals surface area contributed by atoms with E-state index in [2.05, 4.69) is 17.4 Å². The minimum absolute atomic E-state index is 0. The Kier molecular flexibility index (Phi) is 7.12. The van der Waals surface area contributed by atoms with Gasteiger partial charge in [0.05, 0.1) is 14.2 Å². The largest absolute Gasteiger partial charge is 0.497 e. The third-order valence-electron chi connectivity index (χ3n) is 2.98. The van der Waals surface area contributed by atoms with Crippen LogP contribution >= 0.6 is 17.0 Å². The smallest absolute Gasteiger partial charge is 0.127 e. The molecule has 108 valence electrons. The minimum Gasteiger partial charge on any atom is -0.497 e. The van der Waals surface area contributed by atoms with Crippen molar-refractivity contribution in [1.82, 2.24) is 5.32 Å². The molecule has 4 heteroatoms. The first-order valence-electron chi connectivity index (χ1n) is 6.29. The third kappa shape index (κ3) is 4.54. The quantitative estimate of drug-likeness (QED) is 0.873. The summed E-state index contributed by atoms with van der Waals surface area (Å²) < 4.78 is 10.6. The predicted molar refractivity (Wildman–Crippen MR) is 86.9 cm³/mol. The number of rotatable bonds is 6. The summed E-state index contributed by atoms with van der Waals surface area (Å²) in [5.74, 6) is 1.66. The van der Waals surface area contributed by atoms with E-state index in [1.807, 2.05) is 36.4 Å². The predicted octanol–water partition coefficient (Wildman–Crippen LogP) is 3.57. The molecule has 0 saturated carbocycles. The highest BCUT2D eigenvalue weighted by Crippen LogP contribution is 2.24. The summed E-state index contributed by atoms with van der Waals surface area (Å²) in [6.07, 6.45) is 0. The molecule has 0 heterocycles. The molecule has 0 aliphatic heterocycles. The van der Waals surface area contributed by atoms with Crippen molar-refractivity contribution in [3.63, 3.8) is 0 Å². The zero-order valence-electron chi connectivity index (χ0n) is 11.8. The Labute approximate surface area is 130 Å². The van der Waals surface area contributed by atoms with Crippen LogP contribution in [0.25, 0.3) is 0 Å². The van der Waals surface area contributed by atoms with Gasteiger partial charge in [-0.15, -0.1) is 17.0 Å². The van der Waals surface area contributed by atoms with Crippen LogP contribution in [-0.4, -0.2) is 14.2 Å². The molecule has 0 amide bonds. The average Bonchev–Trinajstić information content (AvgIpc) is 2.48. The van der Waals surface area contributed by atoms with Gasteiger partial charge in [0, 0.05) is 24.7 Å². The molecule has 0 aromatic heterocycles. The van der Waals surface area contributed by atoms with Crippen LogP contribution in [0, 0.1) is 0 Å². The highest BCUT2D eigenvalue weighted by Gasteiger charge is 2.04. The lowest BCUT2D eigenvalue weighted by Gasteiger charge is -2.11. The second-order valence-corrected chi connectivity index (χ2v) is 4.27. The number of methoxy groups -OCH3 is 2. The summed E-state index contributed by atoms with van der Waals surface area (Å²) in [4.78, 5) is 0. The van der Waals surface area contributed by atoms with Crippen molar-refractivity contribution in [3.05, 3.63) is 59.7 Å². The van der Waals surface area contributed by atoms with E-state index in [1.165, 1.54) is 5.56 Å². The molecule has 1 N–H and O–H groups in total. The SMILES string of the molecule is Br.COc1ccc(CNCc2ccccc2)c(OC)c1. The van der Waals surface area contributed by atoms with Gasteiger partial charge in [-0.1, -0.05) is 36.4 Å². The molecule has 3 nitrogen and oxygen atoms in total. The van der Waals surface area contributed by atoms with E-state index in [4.69, 9.17) is 9.47 Å². The fourth-order valence-electron chi connectivity index (χ4n) is 1.94. The van der Waals surface area contributed by atoms with Gasteiger partial charge in [-0.25, -0.2) is 0 Å². The van der Waals surface area contributed by atoms with Gasteiger partial charge in [0.15, 0.2) is 0 Å². The van der Waals surface area contributed by atoms with Gasteiger partial charge in [0.1, 0.15) is 11.5 Å². The molecular weight excluding hydrogens is 318 g/mol. The lowest BCUT2D eigenvalue weighted by molar-refractivity contribution is 0.390. The van der Waals surface area contributed by atoms with Crippen LogP contribution < -0.4 is 14.8 Å². The second-order valence-electron chi connectivity index (χ2n) is 4.27. The van der Waals surface area contributed by atoms with Crippen molar-refractivity contribution in [2.24, 2.45) is 0 Å². The van der Waals surface area contributed by atoms with Crippen LogP contribution in [-0.2, 0) is 13.1 Å². The monoisotopic (exact) mass is 337 g/mol. The molecule has 0 saturated heterocycles. The van der Waals surface area contributed by atoms with Gasteiger partial charge in [-0.2, -0.15) is 0 Å². The van der Waals surface area contributed by atoms with Gasteiger partial charge < -0.3 is 14.8 Å². The Balaban J connectivity index is 0.00000200. The molecule has 0 unspecified atom stereocenters. The molecule has 0 spiro atoms. The standard InChI is InChI=1S/C16H19NO2.BrH/c1-18-15-9-8-14(16(10-15)19-2)12-17-11-13-6-4-3-5-7-13;/h3-10,17H,11-12H2,1-2H3;1H. The summed E-state index contributed by atoms with van der Waals surface area (Å²) in [7, 11) is 3.33. The van der Waals surface area contributed by atoms with E-state index in [-0.39, 0.29) is 17.0 Å². The Morgan fingerprint density at radius 1 is 0.900 bits per heavy atom. The normalized spacial score (nSPS) is 9.70. The third-order valence-corrected chi connectivity index (χ3v) is 2.98. The molecule has 2 aromatic rings. The van der Waals surface area contributed by atoms with Gasteiger partial charge in [-0.3, -0.25) is 0 Å². The van der Waals surface area contributed by atoms with E-state index >= 15 is 0 Å². The number of hydrogen-bond acceptors (Lipinski definition) is 3. The van der Waals surface area contributed by atoms with E-state index < -0.39 is 0 Å². The first-order chi connectivity index (χ1) is 9.33. The summed E-state index contributed by atoms with van der Waals surface area (Å²) in [6.45, 7) is 1.61. The Morgan fingerprint density at radius 2 is 1.65 bits per heavy atom. The van der Waals surface area contributed by atoms with Crippen LogP contribution in [0.3, 0.4) is 0 Å². The molecule has 0 atom stereocenters. The van der Waals surface area contributed by atoms with Crippen molar-refractivity contribution >= 4 is 17.0 Å². The van der Waals surface area contributed by atoms with E-state index in [1.54, 1.807) is 14.2 Å². The summed E-state index contributed by atoms with van der Waals surface area (Å²) in [6, 6.07) is 16.2. The van der Waals surface area contributed by atoms with E-state index in [9.17, 15) is 0 Å². The van der Waals surface area contributed by atoms with Crippen molar-refractivity contribution in [2.75, 3.05) is 14.2 Å². The number of ether oxygens (including phenoxy) is 2. The number of halogens is 1. The van der Waals surface area contributed by atoms with E-state index in [0.29, 0.717) is 0 Å². The van der Waals surface area contributed by atoms with Crippen LogP contribution in [0.2, 0.25) is 0 Å². The second kappa shape index (κ2) is 8.61. The van der Waals surface area contributed by atoms with Crippen molar-refractivity contribution in [2.45, 2.75) is 13.1 Å². The maximum atomic E-state index is 5.37. The topological polar surface area (TPSA) is 30.5 Å². The molecule has 0 bridgehead atoms. The van der Waals surface area contributed by atoms with Crippen LogP contribution in [0.4, 0.5) is 0 Å². The van der Waals surface area contributed by atoms with Gasteiger partial charge in [0.25, 0.3) is 0 Å². The maximum Gasteiger partial charge on any atom is 0.127 e. The Morgan fingerprint density at radius 3 is 2.30 bits per heavy atom. The van der Waals surface area contributed by atoms with Crippen molar-refractivity contribution in [1.29, 1.82) is 0 Å². The maximum absolute atomic E-state index is 5.37. The highest BCUT2D eigenvalue weighted by atomic mass is 79.9. The molecule has 20 heavy (non-hydrogen) atoms. The van der Waals surface area contributed by atoms with Crippen LogP contribution in [0.15, 0.2) is 48.5 Å². The van der Waals surface area contributed by atoms with Gasteiger partial charge in [0.2, 0.25) is 0 Å². The number of nitrogens with one attached hydrogen (secondary N) is 1. The molecule has 0 aliphatic rings. The zero-order chi connectivity index (χ0) is 13.5. The van der Waals surface area contributed by atoms with Crippen LogP contribution in [0.1, 0.15) is 11.1 Å². The average molecular weight is 338 g/mol. The first-order valence-corrected chi connectivity index (χ1v) is 6.29. The Hall–Kier alpha value is -1.52. The van der Waals surface area contributed by atoms with Crippen molar-refractivity contribution < 1.29 is 9.47 Å². The number of hydrogen-bond donors (Lipinski definition) is 1. The summed E-state index contributed by atoms with van der Waals surface area (Å²) >= 11 is 0. The molecular formula is C16H20BrNO2. The number of benzene rings is 2. The first kappa shape index (κ1) is 16.5. The molecule has 2 rings (SSSR count). The molecule has 2 aromatic carbocycles. The zero-order valence-corrected chi connectivity index (χ0v) is 13.5. The Bertz CT molecular complexity index is 517. The highest BCUT2D eigenvalue weighted by molar-refractivity contribution is 8.93. The lowest BCUT2D eigenvalue weighted by atomic mass is 10.1. The van der Waals surface area contributed by atoms with E-state index in [0.717, 1.165) is 30.2 Å². The fraction of sp³-hybridized carbons (Fsp3) is 0.250. The molecule has 0 fully saturated rings. The molecule has 0 radical (unpaired) electrons. The van der Waals surface area contributed by atoms with Gasteiger partial charge in [-0.05, 0) is 11.6 Å². The van der Waals surface area contributed by atoms with Gasteiger partial charge >= 0.3 is 0 Å². The summed E-state index contributed by atoms with van der Waals surface area (Å²) in [5.41, 5.74) is 2.40. The van der Waals surface area contributed by atoms with Crippen LogP contribution in [0.5, 0.6) is 11.5 Å². The minimum atomic E-state index is 0. The van der Waals surface area contributed by atoms with Crippen molar-refractivity contribution in [3.8, 4) is 11.5 Å². The fourth-order valence-corrected chi connectivity index (χ4v) is 1.94. The summed E-state index contributed by atoms with van der Waals surface area (Å²) in [5, 5.41) is 3.41. The molecule has 0 aliphatic carbocycles.